The number of aromatic nitrogens is 1. The quantitative estimate of drug-likeness (QED) is 0.820. The largest absolute Gasteiger partial charge is 0.364 e. The van der Waals surface area contributed by atoms with Crippen molar-refractivity contribution >= 4 is 5.91 Å². The summed E-state index contributed by atoms with van der Waals surface area (Å²) >= 11 is 0. The molecule has 1 aromatic rings. The minimum Gasteiger partial charge on any atom is -0.364 e. The highest BCUT2D eigenvalue weighted by Gasteiger charge is 2.24. The van der Waals surface area contributed by atoms with Crippen LogP contribution in [0.1, 0.15) is 23.0 Å². The van der Waals surface area contributed by atoms with Crippen LogP contribution in [-0.4, -0.2) is 60.0 Å². The second kappa shape index (κ2) is 6.87. The number of amides is 1. The van der Waals surface area contributed by atoms with Gasteiger partial charge in [-0.15, -0.1) is 0 Å². The molecule has 0 aliphatic carbocycles. The Balaban J connectivity index is 1.95. The molecule has 1 fully saturated rings. The van der Waals surface area contributed by atoms with Gasteiger partial charge in [0.05, 0.1) is 0 Å². The molecule has 116 valence electrons. The van der Waals surface area contributed by atoms with E-state index in [1.54, 1.807) is 11.8 Å². The van der Waals surface area contributed by atoms with E-state index < -0.39 is 0 Å². The minimum atomic E-state index is -0.213. The van der Waals surface area contributed by atoms with E-state index in [1.807, 2.05) is 0 Å². The molecule has 0 radical (unpaired) electrons. The Labute approximate surface area is 124 Å². The van der Waals surface area contributed by atoms with Crippen molar-refractivity contribution in [2.24, 2.45) is 11.7 Å². The Morgan fingerprint density at radius 2 is 2.05 bits per heavy atom. The summed E-state index contributed by atoms with van der Waals surface area (Å²) in [4.78, 5) is 31.3. The summed E-state index contributed by atoms with van der Waals surface area (Å²) in [6.07, 6.45) is 1.52. The molecule has 1 atom stereocenters. The van der Waals surface area contributed by atoms with Gasteiger partial charge in [-0.3, -0.25) is 14.5 Å². The number of aromatic amines is 1. The first-order chi connectivity index (χ1) is 10.0. The Morgan fingerprint density at radius 1 is 1.38 bits per heavy atom. The molecule has 1 unspecified atom stereocenters. The third-order valence-electron chi connectivity index (χ3n) is 3.92. The average molecular weight is 292 g/mol. The molecule has 1 saturated heterocycles. The van der Waals surface area contributed by atoms with Gasteiger partial charge in [0.2, 0.25) is 0 Å². The molecular weight excluding hydrogens is 268 g/mol. The molecule has 2 rings (SSSR count). The smallest absolute Gasteiger partial charge is 0.259 e. The van der Waals surface area contributed by atoms with Gasteiger partial charge >= 0.3 is 0 Å². The standard InChI is InChI=1S/C15H24N4O2/c1-11(8-16)10-18-3-5-19(6-4-18)15(21)13-9-17-12(2)7-14(13)20/h7,9,11H,3-6,8,10,16H2,1-2H3,(H,17,20). The summed E-state index contributed by atoms with van der Waals surface area (Å²) in [5.74, 6) is 0.287. The zero-order valence-electron chi connectivity index (χ0n) is 12.8. The highest BCUT2D eigenvalue weighted by molar-refractivity contribution is 5.93. The number of nitrogens with zero attached hydrogens (tertiary/aromatic N) is 2. The molecule has 6 heteroatoms. The van der Waals surface area contributed by atoms with Crippen molar-refractivity contribution in [1.29, 1.82) is 0 Å². The van der Waals surface area contributed by atoms with Gasteiger partial charge in [0.25, 0.3) is 5.91 Å². The normalized spacial score (nSPS) is 17.8. The summed E-state index contributed by atoms with van der Waals surface area (Å²) in [7, 11) is 0. The SMILES string of the molecule is Cc1cc(=O)c(C(=O)N2CCN(CC(C)CN)CC2)c[nH]1. The molecule has 6 nitrogen and oxygen atoms in total. The van der Waals surface area contributed by atoms with Gasteiger partial charge in [-0.1, -0.05) is 6.92 Å². The van der Waals surface area contributed by atoms with Crippen LogP contribution in [0.4, 0.5) is 0 Å². The van der Waals surface area contributed by atoms with Gasteiger partial charge < -0.3 is 15.6 Å². The summed E-state index contributed by atoms with van der Waals surface area (Å²) in [6.45, 7) is 8.55. The number of H-pyrrole nitrogens is 1. The van der Waals surface area contributed by atoms with E-state index in [0.717, 1.165) is 25.3 Å². The van der Waals surface area contributed by atoms with Gasteiger partial charge in [0, 0.05) is 50.7 Å². The Hall–Kier alpha value is -1.66. The van der Waals surface area contributed by atoms with Crippen LogP contribution >= 0.6 is 0 Å². The maximum absolute atomic E-state index is 12.4. The summed E-state index contributed by atoms with van der Waals surface area (Å²) < 4.78 is 0. The predicted molar refractivity (Wildman–Crippen MR) is 82.4 cm³/mol. The van der Waals surface area contributed by atoms with Crippen LogP contribution < -0.4 is 11.2 Å². The summed E-state index contributed by atoms with van der Waals surface area (Å²) in [5, 5.41) is 0. The average Bonchev–Trinajstić information content (AvgIpc) is 2.47. The van der Waals surface area contributed by atoms with Crippen LogP contribution in [0.5, 0.6) is 0 Å². The maximum Gasteiger partial charge on any atom is 0.259 e. The maximum atomic E-state index is 12.4. The Bertz CT molecular complexity index is 547. The fraction of sp³-hybridized carbons (Fsp3) is 0.600. The van der Waals surface area contributed by atoms with Crippen molar-refractivity contribution in [2.45, 2.75) is 13.8 Å². The molecule has 0 spiro atoms. The van der Waals surface area contributed by atoms with Crippen molar-refractivity contribution in [3.8, 4) is 0 Å². The Morgan fingerprint density at radius 3 is 2.62 bits per heavy atom. The van der Waals surface area contributed by atoms with Crippen molar-refractivity contribution in [3.63, 3.8) is 0 Å². The lowest BCUT2D eigenvalue weighted by Crippen LogP contribution is -2.50. The first kappa shape index (κ1) is 15.7. The number of pyridine rings is 1. The van der Waals surface area contributed by atoms with E-state index in [9.17, 15) is 9.59 Å². The summed E-state index contributed by atoms with van der Waals surface area (Å²) in [6, 6.07) is 1.46. The Kier molecular flexibility index (Phi) is 5.14. The number of rotatable bonds is 4. The molecule has 0 saturated carbocycles. The number of carbonyl (C=O) groups is 1. The second-order valence-electron chi connectivity index (χ2n) is 5.83. The first-order valence-electron chi connectivity index (χ1n) is 7.42. The summed E-state index contributed by atoms with van der Waals surface area (Å²) in [5.41, 5.74) is 6.42. The number of nitrogens with two attached hydrogens (primary N) is 1. The molecule has 0 bridgehead atoms. The van der Waals surface area contributed by atoms with Crippen LogP contribution in [0.25, 0.3) is 0 Å². The highest BCUT2D eigenvalue weighted by atomic mass is 16.2. The van der Waals surface area contributed by atoms with Gasteiger partial charge in [0.1, 0.15) is 5.56 Å². The van der Waals surface area contributed by atoms with Crippen LogP contribution in [0.3, 0.4) is 0 Å². The number of aryl methyl sites for hydroxylation is 1. The highest BCUT2D eigenvalue weighted by Crippen LogP contribution is 2.08. The monoisotopic (exact) mass is 292 g/mol. The molecule has 0 aromatic carbocycles. The number of hydrogen-bond donors (Lipinski definition) is 2. The second-order valence-corrected chi connectivity index (χ2v) is 5.83. The number of carbonyl (C=O) groups excluding carboxylic acids is 1. The molecular formula is C15H24N4O2. The lowest BCUT2D eigenvalue weighted by molar-refractivity contribution is 0.0620. The first-order valence-corrected chi connectivity index (χ1v) is 7.42. The van der Waals surface area contributed by atoms with Crippen molar-refractivity contribution in [1.82, 2.24) is 14.8 Å². The van der Waals surface area contributed by atoms with Gasteiger partial charge in [0.15, 0.2) is 5.43 Å². The number of nitrogens with one attached hydrogen (secondary N) is 1. The lowest BCUT2D eigenvalue weighted by atomic mass is 10.1. The van der Waals surface area contributed by atoms with E-state index in [0.29, 0.717) is 25.6 Å². The van der Waals surface area contributed by atoms with Gasteiger partial charge in [-0.25, -0.2) is 0 Å². The lowest BCUT2D eigenvalue weighted by Gasteiger charge is -2.35. The third kappa shape index (κ3) is 3.92. The van der Waals surface area contributed by atoms with Crippen LogP contribution in [0, 0.1) is 12.8 Å². The molecule has 1 aliphatic rings. The number of hydrogen-bond acceptors (Lipinski definition) is 4. The van der Waals surface area contributed by atoms with Crippen LogP contribution in [-0.2, 0) is 0 Å². The van der Waals surface area contributed by atoms with Crippen molar-refractivity contribution in [2.75, 3.05) is 39.3 Å². The van der Waals surface area contributed by atoms with Gasteiger partial charge in [-0.2, -0.15) is 0 Å². The zero-order chi connectivity index (χ0) is 15.4. The minimum absolute atomic E-state index is 0.178. The fourth-order valence-electron chi connectivity index (χ4n) is 2.56. The van der Waals surface area contributed by atoms with E-state index in [2.05, 4.69) is 16.8 Å². The van der Waals surface area contributed by atoms with Crippen molar-refractivity contribution < 1.29 is 4.79 Å². The van der Waals surface area contributed by atoms with Crippen LogP contribution in [0.15, 0.2) is 17.1 Å². The van der Waals surface area contributed by atoms with E-state index >= 15 is 0 Å². The molecule has 2 heterocycles. The van der Waals surface area contributed by atoms with E-state index in [1.165, 1.54) is 12.3 Å². The van der Waals surface area contributed by atoms with Crippen molar-refractivity contribution in [3.05, 3.63) is 33.7 Å². The topological polar surface area (TPSA) is 82.4 Å². The molecule has 1 aliphatic heterocycles. The van der Waals surface area contributed by atoms with Crippen LogP contribution in [0.2, 0.25) is 0 Å². The molecule has 21 heavy (non-hydrogen) atoms. The zero-order valence-corrected chi connectivity index (χ0v) is 12.8. The molecule has 3 N–H and O–H groups in total. The third-order valence-corrected chi connectivity index (χ3v) is 3.92. The fourth-order valence-corrected chi connectivity index (χ4v) is 2.56. The molecule has 1 aromatic heterocycles. The number of piperazine rings is 1. The predicted octanol–water partition coefficient (Wildman–Crippen LogP) is 0.0359. The van der Waals surface area contributed by atoms with E-state index in [4.69, 9.17) is 5.73 Å². The molecule has 1 amide bonds. The van der Waals surface area contributed by atoms with E-state index in [-0.39, 0.29) is 16.9 Å². The van der Waals surface area contributed by atoms with Gasteiger partial charge in [-0.05, 0) is 19.4 Å².